The first-order chi connectivity index (χ1) is 17.1. The van der Waals surface area contributed by atoms with Crippen molar-refractivity contribution in [3.05, 3.63) is 53.3 Å². The number of para-hydroxylation sites is 1. The predicted octanol–water partition coefficient (Wildman–Crippen LogP) is 3.71. The number of hydrogen-bond acceptors (Lipinski definition) is 9. The minimum atomic E-state index is -3.67. The summed E-state index contributed by atoms with van der Waals surface area (Å²) in [6.07, 6.45) is 2.58. The lowest BCUT2D eigenvalue weighted by atomic mass is 10.2. The number of anilines is 5. The van der Waals surface area contributed by atoms with E-state index in [1.807, 2.05) is 19.1 Å². The molecule has 4 rings (SSSR count). The van der Waals surface area contributed by atoms with Gasteiger partial charge in [0.2, 0.25) is 16.0 Å². The van der Waals surface area contributed by atoms with E-state index in [0.717, 1.165) is 41.0 Å². The third-order valence-electron chi connectivity index (χ3n) is 6.18. The molecular weight excluding hydrogens is 500 g/mol. The molecule has 2 N–H and O–H groups in total. The van der Waals surface area contributed by atoms with Crippen molar-refractivity contribution in [3.63, 3.8) is 0 Å². The molecule has 1 saturated heterocycles. The number of nitrogens with one attached hydrogen (secondary N) is 2. The van der Waals surface area contributed by atoms with Crippen LogP contribution in [0.25, 0.3) is 0 Å². The minimum Gasteiger partial charge on any atom is -0.355 e. The average Bonchev–Trinajstić information content (AvgIpc) is 3.33. The first-order valence-electron chi connectivity index (χ1n) is 11.5. The lowest BCUT2D eigenvalue weighted by molar-refractivity contribution is 0.315. The maximum atomic E-state index is 12.7. The van der Waals surface area contributed by atoms with Crippen LogP contribution >= 0.6 is 11.6 Å². The molecule has 3 heterocycles. The smallest absolute Gasteiger partial charge is 0.244 e. The third-order valence-corrected chi connectivity index (χ3v) is 8.33. The van der Waals surface area contributed by atoms with Gasteiger partial charge in [-0.2, -0.15) is 4.98 Å². The highest BCUT2D eigenvalue weighted by atomic mass is 35.5. The van der Waals surface area contributed by atoms with Crippen molar-refractivity contribution in [1.29, 1.82) is 0 Å². The van der Waals surface area contributed by atoms with Crippen LogP contribution in [-0.4, -0.2) is 79.9 Å². The van der Waals surface area contributed by atoms with E-state index < -0.39 is 10.0 Å². The van der Waals surface area contributed by atoms with Gasteiger partial charge >= 0.3 is 0 Å². The largest absolute Gasteiger partial charge is 0.355 e. The Hall–Kier alpha value is -2.99. The second kappa shape index (κ2) is 10.6. The van der Waals surface area contributed by atoms with Crippen molar-refractivity contribution in [2.75, 3.05) is 56.8 Å². The van der Waals surface area contributed by atoms with Crippen LogP contribution in [0.1, 0.15) is 12.1 Å². The van der Waals surface area contributed by atoms with Crippen molar-refractivity contribution in [2.24, 2.45) is 0 Å². The molecule has 3 aromatic rings. The fourth-order valence-corrected chi connectivity index (χ4v) is 5.16. The number of halogens is 1. The molecule has 36 heavy (non-hydrogen) atoms. The summed E-state index contributed by atoms with van der Waals surface area (Å²) in [4.78, 5) is 18.2. The molecule has 1 aliphatic rings. The second-order valence-corrected chi connectivity index (χ2v) is 11.6. The number of rotatable bonds is 8. The number of sulfonamides is 1. The molecule has 0 radical (unpaired) electrons. The van der Waals surface area contributed by atoms with Crippen LogP contribution in [-0.2, 0) is 10.0 Å². The molecule has 0 spiro atoms. The summed E-state index contributed by atoms with van der Waals surface area (Å²) in [5.74, 6) is 1.53. The zero-order valence-electron chi connectivity index (χ0n) is 21.0. The summed E-state index contributed by atoms with van der Waals surface area (Å²) in [6, 6.07) is 11.1. The number of nitrogens with zero attached hydrogens (tertiary/aromatic N) is 6. The van der Waals surface area contributed by atoms with Crippen LogP contribution in [0.2, 0.25) is 5.02 Å². The van der Waals surface area contributed by atoms with Crippen molar-refractivity contribution in [3.8, 4) is 0 Å². The lowest BCUT2D eigenvalue weighted by Crippen LogP contribution is -2.31. The molecule has 2 aromatic heterocycles. The normalized spacial score (nSPS) is 16.1. The highest BCUT2D eigenvalue weighted by Crippen LogP contribution is 2.30. The van der Waals surface area contributed by atoms with E-state index in [4.69, 9.17) is 16.6 Å². The van der Waals surface area contributed by atoms with E-state index >= 15 is 0 Å². The lowest BCUT2D eigenvalue weighted by Gasteiger charge is -2.21. The molecule has 12 heteroatoms. The molecule has 10 nitrogen and oxygen atoms in total. The SMILES string of the molecule is Cc1nc(N2CC[C@H](N(C)C)C2)ccc1Nc1ncc(Cl)c(Nc2ccccc2S(=O)(=O)N(C)C)n1. The third kappa shape index (κ3) is 5.54. The van der Waals surface area contributed by atoms with Crippen LogP contribution < -0.4 is 15.5 Å². The van der Waals surface area contributed by atoms with Crippen LogP contribution in [0.4, 0.5) is 29.0 Å². The van der Waals surface area contributed by atoms with Gasteiger partial charge in [-0.15, -0.1) is 0 Å². The van der Waals surface area contributed by atoms with Gasteiger partial charge in [0.1, 0.15) is 15.7 Å². The topological polar surface area (TPSA) is 107 Å². The Labute approximate surface area is 217 Å². The van der Waals surface area contributed by atoms with Gasteiger partial charge in [0, 0.05) is 33.2 Å². The minimum absolute atomic E-state index is 0.119. The Bertz CT molecular complexity index is 1350. The summed E-state index contributed by atoms with van der Waals surface area (Å²) in [5, 5.41) is 6.50. The fourth-order valence-electron chi connectivity index (χ4n) is 3.98. The average molecular weight is 531 g/mol. The van der Waals surface area contributed by atoms with Crippen molar-refractivity contribution >= 4 is 50.6 Å². The highest BCUT2D eigenvalue weighted by Gasteiger charge is 2.25. The Morgan fingerprint density at radius 3 is 2.44 bits per heavy atom. The van der Waals surface area contributed by atoms with Gasteiger partial charge < -0.3 is 20.4 Å². The number of aromatic nitrogens is 3. The number of benzene rings is 1. The van der Waals surface area contributed by atoms with Crippen LogP contribution in [0.3, 0.4) is 0 Å². The summed E-state index contributed by atoms with van der Waals surface area (Å²) < 4.78 is 26.6. The first-order valence-corrected chi connectivity index (χ1v) is 13.3. The van der Waals surface area contributed by atoms with Crippen molar-refractivity contribution < 1.29 is 8.42 Å². The molecule has 0 aliphatic carbocycles. The molecule has 0 bridgehead atoms. The van der Waals surface area contributed by atoms with Gasteiger partial charge in [-0.1, -0.05) is 23.7 Å². The Kier molecular flexibility index (Phi) is 7.65. The summed E-state index contributed by atoms with van der Waals surface area (Å²) in [6.45, 7) is 3.86. The van der Waals surface area contributed by atoms with E-state index in [1.54, 1.807) is 18.2 Å². The number of aryl methyl sites for hydroxylation is 1. The Morgan fingerprint density at radius 2 is 1.78 bits per heavy atom. The molecule has 1 atom stereocenters. The number of likely N-dealkylation sites (N-methyl/N-ethyl adjacent to an activating group) is 1. The predicted molar refractivity (Wildman–Crippen MR) is 144 cm³/mol. The van der Waals surface area contributed by atoms with Crippen LogP contribution in [0, 0.1) is 6.92 Å². The fraction of sp³-hybridized carbons (Fsp3) is 0.375. The van der Waals surface area contributed by atoms with Crippen molar-refractivity contribution in [1.82, 2.24) is 24.2 Å². The van der Waals surface area contributed by atoms with Gasteiger partial charge in [-0.3, -0.25) is 0 Å². The van der Waals surface area contributed by atoms with Gasteiger partial charge in [0.25, 0.3) is 0 Å². The number of pyridine rings is 1. The summed E-state index contributed by atoms with van der Waals surface area (Å²) >= 11 is 6.34. The highest BCUT2D eigenvalue weighted by molar-refractivity contribution is 7.89. The summed E-state index contributed by atoms with van der Waals surface area (Å²) in [5.41, 5.74) is 1.95. The van der Waals surface area contributed by atoms with E-state index in [9.17, 15) is 8.42 Å². The zero-order valence-corrected chi connectivity index (χ0v) is 22.6. The van der Waals surface area contributed by atoms with E-state index in [1.165, 1.54) is 26.4 Å². The number of hydrogen-bond donors (Lipinski definition) is 2. The van der Waals surface area contributed by atoms with Crippen LogP contribution in [0.5, 0.6) is 0 Å². The molecule has 1 aromatic carbocycles. The molecule has 1 aliphatic heterocycles. The van der Waals surface area contributed by atoms with Gasteiger partial charge in [0.15, 0.2) is 5.82 Å². The van der Waals surface area contributed by atoms with Gasteiger partial charge in [-0.25, -0.2) is 22.7 Å². The van der Waals surface area contributed by atoms with Crippen LogP contribution in [0.15, 0.2) is 47.5 Å². The van der Waals surface area contributed by atoms with Crippen molar-refractivity contribution in [2.45, 2.75) is 24.3 Å². The maximum Gasteiger partial charge on any atom is 0.244 e. The van der Waals surface area contributed by atoms with E-state index in [0.29, 0.717) is 17.7 Å². The monoisotopic (exact) mass is 530 g/mol. The molecular formula is C24H31ClN8O2S. The van der Waals surface area contributed by atoms with Gasteiger partial charge in [0.05, 0.1) is 23.3 Å². The maximum absolute atomic E-state index is 12.7. The van der Waals surface area contributed by atoms with Gasteiger partial charge in [-0.05, 0) is 51.7 Å². The Morgan fingerprint density at radius 1 is 1.03 bits per heavy atom. The quantitative estimate of drug-likeness (QED) is 0.450. The molecule has 0 unspecified atom stereocenters. The molecule has 0 saturated carbocycles. The Balaban J connectivity index is 1.54. The summed E-state index contributed by atoms with van der Waals surface area (Å²) in [7, 11) is 3.51. The molecule has 0 amide bonds. The standard InChI is InChI=1S/C24H31ClN8O2S/c1-16-19(10-11-22(27-16)33-13-12-17(15-33)31(2)3)29-24-26-14-18(25)23(30-24)28-20-8-6-7-9-21(20)36(34,35)32(4)5/h6-11,14,17H,12-13,15H2,1-5H3,(H2,26,28,29,30)/t17-/m0/s1. The first kappa shape index (κ1) is 26.1. The van der Waals surface area contributed by atoms with E-state index in [2.05, 4.69) is 44.5 Å². The zero-order chi connectivity index (χ0) is 26.0. The van der Waals surface area contributed by atoms with E-state index in [-0.39, 0.29) is 15.7 Å². The molecule has 192 valence electrons. The molecule has 1 fully saturated rings. The second-order valence-electron chi connectivity index (χ2n) is 9.08.